The quantitative estimate of drug-likeness (QED) is 0.418. The average Bonchev–Trinajstić information content (AvgIpc) is 2.47. The number of benzene rings is 1. The van der Waals surface area contributed by atoms with E-state index in [-0.39, 0.29) is 16.9 Å². The van der Waals surface area contributed by atoms with E-state index in [4.69, 9.17) is 16.3 Å². The molecule has 0 radical (unpaired) electrons. The summed E-state index contributed by atoms with van der Waals surface area (Å²) in [5.41, 5.74) is 0.345. The number of fused-ring (bicyclic) bond motifs is 1. The molecular formula is C13H7ClN4O3. The number of nitrogens with zero attached hydrogens (tertiary/aromatic N) is 4. The largest absolute Gasteiger partial charge is 0.433 e. The topological polar surface area (TPSA) is 91.0 Å². The average molecular weight is 303 g/mol. The lowest BCUT2D eigenvalue weighted by atomic mass is 10.2. The van der Waals surface area contributed by atoms with Crippen molar-refractivity contribution in [3.8, 4) is 11.6 Å². The lowest BCUT2D eigenvalue weighted by Crippen LogP contribution is -1.98. The molecule has 0 fully saturated rings. The summed E-state index contributed by atoms with van der Waals surface area (Å²) in [5.74, 6) is 0.190. The lowest BCUT2D eigenvalue weighted by molar-refractivity contribution is -0.386. The maximum Gasteiger partial charge on any atom is 0.349 e. The number of nitro groups is 1. The number of hydrogen-bond acceptors (Lipinski definition) is 6. The van der Waals surface area contributed by atoms with Crippen molar-refractivity contribution >= 4 is 28.2 Å². The Balaban J connectivity index is 2.11. The first kappa shape index (κ1) is 13.2. The highest BCUT2D eigenvalue weighted by atomic mass is 35.5. The first-order valence-electron chi connectivity index (χ1n) is 5.83. The highest BCUT2D eigenvalue weighted by molar-refractivity contribution is 6.28. The first-order valence-corrected chi connectivity index (χ1v) is 6.21. The molecule has 1 aromatic carbocycles. The number of rotatable bonds is 3. The van der Waals surface area contributed by atoms with Crippen molar-refractivity contribution in [2.45, 2.75) is 0 Å². The standard InChI is InChI=1S/C13H7ClN4O3/c14-13-16-7-10(18(19)20)12(17-13)21-11-5-1-4-9-8(11)3-2-6-15-9/h1-7H. The third-order valence-corrected chi connectivity index (χ3v) is 2.90. The Hall–Kier alpha value is -2.80. The third-order valence-electron chi connectivity index (χ3n) is 2.72. The highest BCUT2D eigenvalue weighted by Crippen LogP contribution is 2.33. The minimum absolute atomic E-state index is 0.131. The van der Waals surface area contributed by atoms with Gasteiger partial charge in [0.05, 0.1) is 10.4 Å². The summed E-state index contributed by atoms with van der Waals surface area (Å²) in [7, 11) is 0. The Morgan fingerprint density at radius 1 is 1.19 bits per heavy atom. The maximum absolute atomic E-state index is 11.0. The molecule has 7 nitrogen and oxygen atoms in total. The van der Waals surface area contributed by atoms with Crippen molar-refractivity contribution in [1.29, 1.82) is 0 Å². The first-order chi connectivity index (χ1) is 10.1. The van der Waals surface area contributed by atoms with Crippen LogP contribution in [0, 0.1) is 10.1 Å². The minimum Gasteiger partial charge on any atom is -0.433 e. The number of pyridine rings is 1. The Kier molecular flexibility index (Phi) is 3.33. The van der Waals surface area contributed by atoms with Gasteiger partial charge in [-0.1, -0.05) is 6.07 Å². The molecule has 0 atom stereocenters. The highest BCUT2D eigenvalue weighted by Gasteiger charge is 2.20. The molecule has 3 rings (SSSR count). The normalized spacial score (nSPS) is 10.5. The second-order valence-electron chi connectivity index (χ2n) is 4.01. The van der Waals surface area contributed by atoms with Gasteiger partial charge >= 0.3 is 11.6 Å². The van der Waals surface area contributed by atoms with Gasteiger partial charge in [0.15, 0.2) is 0 Å². The van der Waals surface area contributed by atoms with Gasteiger partial charge in [-0.25, -0.2) is 4.98 Å². The molecule has 21 heavy (non-hydrogen) atoms. The zero-order valence-corrected chi connectivity index (χ0v) is 11.2. The molecule has 0 spiro atoms. The molecule has 0 saturated heterocycles. The van der Waals surface area contributed by atoms with Crippen LogP contribution in [-0.2, 0) is 0 Å². The molecule has 0 amide bonds. The fraction of sp³-hybridized carbons (Fsp3) is 0. The molecular weight excluding hydrogens is 296 g/mol. The minimum atomic E-state index is -0.630. The van der Waals surface area contributed by atoms with Gasteiger partial charge in [0.2, 0.25) is 5.28 Å². The Labute approximate surface area is 123 Å². The summed E-state index contributed by atoms with van der Waals surface area (Å²) in [4.78, 5) is 21.9. The van der Waals surface area contributed by atoms with Crippen molar-refractivity contribution in [3.63, 3.8) is 0 Å². The van der Waals surface area contributed by atoms with Crippen LogP contribution in [0.3, 0.4) is 0 Å². The third kappa shape index (κ3) is 2.59. The molecule has 0 saturated carbocycles. The zero-order chi connectivity index (χ0) is 14.8. The van der Waals surface area contributed by atoms with Gasteiger partial charge in [0.1, 0.15) is 11.9 Å². The van der Waals surface area contributed by atoms with Gasteiger partial charge in [-0.3, -0.25) is 15.1 Å². The molecule has 0 aliphatic heterocycles. The van der Waals surface area contributed by atoms with Crippen LogP contribution in [0.2, 0.25) is 5.28 Å². The molecule has 0 aliphatic rings. The molecule has 0 unspecified atom stereocenters. The van der Waals surface area contributed by atoms with E-state index >= 15 is 0 Å². The van der Waals surface area contributed by atoms with E-state index in [1.54, 1.807) is 30.5 Å². The van der Waals surface area contributed by atoms with Gasteiger partial charge in [-0.05, 0) is 35.9 Å². The molecule has 0 aliphatic carbocycles. The van der Waals surface area contributed by atoms with E-state index in [2.05, 4.69) is 15.0 Å². The molecule has 0 N–H and O–H groups in total. The van der Waals surface area contributed by atoms with Crippen LogP contribution in [0.1, 0.15) is 0 Å². The fourth-order valence-electron chi connectivity index (χ4n) is 1.81. The van der Waals surface area contributed by atoms with Gasteiger partial charge in [-0.2, -0.15) is 4.98 Å². The summed E-state index contributed by atoms with van der Waals surface area (Å²) < 4.78 is 5.55. The SMILES string of the molecule is O=[N+]([O-])c1cnc(Cl)nc1Oc1cccc2ncccc12. The van der Waals surface area contributed by atoms with Crippen LogP contribution in [0.4, 0.5) is 5.69 Å². The van der Waals surface area contributed by atoms with E-state index in [1.165, 1.54) is 0 Å². The van der Waals surface area contributed by atoms with Crippen molar-refractivity contribution in [3.05, 3.63) is 58.1 Å². The zero-order valence-electron chi connectivity index (χ0n) is 10.4. The van der Waals surface area contributed by atoms with Gasteiger partial charge in [0.25, 0.3) is 0 Å². The van der Waals surface area contributed by atoms with Crippen LogP contribution in [0.5, 0.6) is 11.6 Å². The maximum atomic E-state index is 11.0. The predicted molar refractivity (Wildman–Crippen MR) is 75.5 cm³/mol. The number of halogens is 1. The second-order valence-corrected chi connectivity index (χ2v) is 4.35. The predicted octanol–water partition coefficient (Wildman–Crippen LogP) is 3.38. The Bertz CT molecular complexity index is 835. The number of aromatic nitrogens is 3. The van der Waals surface area contributed by atoms with E-state index in [9.17, 15) is 10.1 Å². The van der Waals surface area contributed by atoms with Crippen molar-refractivity contribution in [2.75, 3.05) is 0 Å². The van der Waals surface area contributed by atoms with Gasteiger partial charge in [0, 0.05) is 11.6 Å². The van der Waals surface area contributed by atoms with Crippen molar-refractivity contribution in [1.82, 2.24) is 15.0 Å². The summed E-state index contributed by atoms with van der Waals surface area (Å²) in [6.07, 6.45) is 2.66. The number of ether oxygens (including phenoxy) is 1. The second kappa shape index (κ2) is 5.29. The Morgan fingerprint density at radius 3 is 2.86 bits per heavy atom. The van der Waals surface area contributed by atoms with E-state index in [0.717, 1.165) is 6.20 Å². The summed E-state index contributed by atoms with van der Waals surface area (Å²) >= 11 is 5.67. The summed E-state index contributed by atoms with van der Waals surface area (Å²) in [5, 5.41) is 11.6. The van der Waals surface area contributed by atoms with Crippen LogP contribution in [0.25, 0.3) is 10.9 Å². The van der Waals surface area contributed by atoms with Crippen LogP contribution >= 0.6 is 11.6 Å². The van der Waals surface area contributed by atoms with Crippen molar-refractivity contribution < 1.29 is 9.66 Å². The molecule has 104 valence electrons. The van der Waals surface area contributed by atoms with Crippen LogP contribution in [-0.4, -0.2) is 19.9 Å². The monoisotopic (exact) mass is 302 g/mol. The van der Waals surface area contributed by atoms with Gasteiger partial charge < -0.3 is 4.74 Å². The molecule has 2 heterocycles. The summed E-state index contributed by atoms with van der Waals surface area (Å²) in [6.45, 7) is 0. The lowest BCUT2D eigenvalue weighted by Gasteiger charge is -2.07. The van der Waals surface area contributed by atoms with Crippen molar-refractivity contribution in [2.24, 2.45) is 0 Å². The van der Waals surface area contributed by atoms with E-state index in [0.29, 0.717) is 16.7 Å². The molecule has 8 heteroatoms. The number of hydrogen-bond donors (Lipinski definition) is 0. The molecule has 0 bridgehead atoms. The summed E-state index contributed by atoms with van der Waals surface area (Å²) in [6, 6.07) is 8.76. The van der Waals surface area contributed by atoms with Gasteiger partial charge in [-0.15, -0.1) is 0 Å². The van der Waals surface area contributed by atoms with E-state index in [1.807, 2.05) is 6.07 Å². The molecule has 3 aromatic rings. The van der Waals surface area contributed by atoms with E-state index < -0.39 is 4.92 Å². The molecule has 2 aromatic heterocycles. The van der Waals surface area contributed by atoms with Crippen LogP contribution in [0.15, 0.2) is 42.7 Å². The fourth-order valence-corrected chi connectivity index (χ4v) is 1.93. The smallest absolute Gasteiger partial charge is 0.349 e. The Morgan fingerprint density at radius 2 is 2.05 bits per heavy atom. The van der Waals surface area contributed by atoms with Crippen LogP contribution < -0.4 is 4.74 Å².